The molecule has 294 valence electrons. The van der Waals surface area contributed by atoms with Crippen molar-refractivity contribution >= 4 is 39.1 Å². The van der Waals surface area contributed by atoms with Crippen LogP contribution in [0.15, 0.2) is 89.6 Å². The Hall–Kier alpha value is -4.94. The summed E-state index contributed by atoms with van der Waals surface area (Å²) in [5, 5.41) is 2.99. The zero-order valence-electron chi connectivity index (χ0n) is 32.8. The van der Waals surface area contributed by atoms with E-state index in [0.717, 1.165) is 54.1 Å². The highest BCUT2D eigenvalue weighted by Gasteiger charge is 2.22. The van der Waals surface area contributed by atoms with Gasteiger partial charge in [-0.3, -0.25) is 9.59 Å². The molecule has 12 heteroatoms. The van der Waals surface area contributed by atoms with E-state index in [1.54, 1.807) is 48.1 Å². The highest BCUT2D eigenvalue weighted by Crippen LogP contribution is 2.34. The van der Waals surface area contributed by atoms with Crippen LogP contribution in [-0.4, -0.2) is 81.7 Å². The molecule has 0 saturated heterocycles. The second kappa shape index (κ2) is 19.6. The van der Waals surface area contributed by atoms with Crippen LogP contribution in [-0.2, 0) is 36.5 Å². The number of hydrogen-bond acceptors (Lipinski definition) is 8. The Kier molecular flexibility index (Phi) is 14.7. The molecule has 0 spiro atoms. The molecule has 0 aliphatic carbocycles. The lowest BCUT2D eigenvalue weighted by atomic mass is 10.00. The van der Waals surface area contributed by atoms with Crippen LogP contribution < -0.4 is 15.0 Å². The fourth-order valence-corrected chi connectivity index (χ4v) is 7.71. The van der Waals surface area contributed by atoms with Gasteiger partial charge in [-0.1, -0.05) is 45.4 Å². The molecule has 3 aromatic carbocycles. The number of carbonyl (C=O) groups excluding carboxylic acids is 2. The van der Waals surface area contributed by atoms with E-state index >= 15 is 0 Å². The quantitative estimate of drug-likeness (QED) is 0.0975. The fourth-order valence-electron chi connectivity index (χ4n) is 6.41. The van der Waals surface area contributed by atoms with Gasteiger partial charge in [0, 0.05) is 76.1 Å². The summed E-state index contributed by atoms with van der Waals surface area (Å²) in [6.07, 6.45) is 8.93. The first kappa shape index (κ1) is 41.2. The van der Waals surface area contributed by atoms with Gasteiger partial charge in [0.05, 0.1) is 11.5 Å². The lowest BCUT2D eigenvalue weighted by Gasteiger charge is -2.27. The van der Waals surface area contributed by atoms with Crippen LogP contribution in [0, 0.1) is 5.92 Å². The minimum Gasteiger partial charge on any atom is -0.491 e. The first-order valence-electron chi connectivity index (χ1n) is 19.2. The maximum atomic E-state index is 13.7. The number of amides is 2. The van der Waals surface area contributed by atoms with Crippen molar-refractivity contribution in [2.24, 2.45) is 5.92 Å². The van der Waals surface area contributed by atoms with Crippen LogP contribution in [0.2, 0.25) is 0 Å². The summed E-state index contributed by atoms with van der Waals surface area (Å²) in [5.41, 5.74) is 5.28. The second-order valence-electron chi connectivity index (χ2n) is 14.5. The van der Waals surface area contributed by atoms with Crippen molar-refractivity contribution < 1.29 is 27.5 Å². The van der Waals surface area contributed by atoms with Crippen LogP contribution in [0.1, 0.15) is 64.3 Å². The smallest absolute Gasteiger partial charge is 0.251 e. The number of carbonyl (C=O) groups is 2. The molecule has 55 heavy (non-hydrogen) atoms. The number of aryl methyl sites for hydroxylation is 1. The molecular weight excluding hydrogens is 715 g/mol. The van der Waals surface area contributed by atoms with Crippen molar-refractivity contribution in [3.63, 3.8) is 0 Å². The Morgan fingerprint density at radius 1 is 0.945 bits per heavy atom. The summed E-state index contributed by atoms with van der Waals surface area (Å²) in [6.45, 7) is 10.4. The number of hydrogen-bond donors (Lipinski definition) is 1. The van der Waals surface area contributed by atoms with Gasteiger partial charge in [0.15, 0.2) is 9.84 Å². The Balaban J connectivity index is 1.26. The standard InChI is InChI=1S/C43H55N5O6S/c1-6-7-25-53-26-27-54-38-15-10-33(11-16-38)34-12-19-40-36(28-34)29-35(20-23-48(40)30-32(2)3)43(50)45-37-13-17-39(18-14-37)55(51,52)31-41-44-21-24-47(41)22-8-9-42(49)46(4)5/h10-19,21,24,28-29,32H,6-9,20,22-23,25-27,30-31H2,1-5H3,(H,45,50). The Bertz CT molecular complexity index is 2020. The SMILES string of the molecule is CCCCOCCOc1ccc(-c2ccc3c(c2)C=C(C(=O)Nc2ccc(S(=O)(=O)Cc4nccn4CCCC(=O)N(C)C)cc2)CCN3CC(C)C)cc1. The van der Waals surface area contributed by atoms with Crippen LogP contribution in [0.3, 0.4) is 0 Å². The molecule has 0 radical (unpaired) electrons. The number of unbranched alkanes of at least 4 members (excludes halogenated alkanes) is 1. The van der Waals surface area contributed by atoms with Crippen molar-refractivity contribution in [2.75, 3.05) is 57.2 Å². The average Bonchev–Trinajstić information content (AvgIpc) is 3.51. The third-order valence-corrected chi connectivity index (χ3v) is 11.1. The van der Waals surface area contributed by atoms with Crippen molar-refractivity contribution in [2.45, 2.75) is 70.1 Å². The number of ether oxygens (including phenoxy) is 2. The molecule has 0 atom stereocenters. The molecule has 1 aromatic heterocycles. The van der Waals surface area contributed by atoms with Gasteiger partial charge in [0.25, 0.3) is 5.91 Å². The van der Waals surface area contributed by atoms with E-state index < -0.39 is 9.84 Å². The number of sulfone groups is 1. The Labute approximate surface area is 326 Å². The normalized spacial score (nSPS) is 12.9. The molecule has 0 fully saturated rings. The van der Waals surface area contributed by atoms with Gasteiger partial charge in [-0.05, 0) is 96.5 Å². The summed E-state index contributed by atoms with van der Waals surface area (Å²) >= 11 is 0. The monoisotopic (exact) mass is 769 g/mol. The number of fused-ring (bicyclic) bond motifs is 1. The predicted molar refractivity (Wildman–Crippen MR) is 219 cm³/mol. The summed E-state index contributed by atoms with van der Waals surface area (Å²) in [5.74, 6) is 1.15. The van der Waals surface area contributed by atoms with Gasteiger partial charge in [-0.15, -0.1) is 0 Å². The van der Waals surface area contributed by atoms with Crippen molar-refractivity contribution in [1.82, 2.24) is 14.5 Å². The molecule has 4 aromatic rings. The minimum absolute atomic E-state index is 0.0206. The lowest BCUT2D eigenvalue weighted by Crippen LogP contribution is -2.29. The van der Waals surface area contributed by atoms with Gasteiger partial charge in [0.2, 0.25) is 5.91 Å². The van der Waals surface area contributed by atoms with Crippen molar-refractivity contribution in [3.05, 3.63) is 96.1 Å². The first-order valence-corrected chi connectivity index (χ1v) is 20.8. The molecule has 0 unspecified atom stereocenters. The molecule has 11 nitrogen and oxygen atoms in total. The van der Waals surface area contributed by atoms with E-state index in [1.807, 2.05) is 30.3 Å². The zero-order valence-corrected chi connectivity index (χ0v) is 33.6. The highest BCUT2D eigenvalue weighted by molar-refractivity contribution is 7.90. The third-order valence-electron chi connectivity index (χ3n) is 9.43. The van der Waals surface area contributed by atoms with E-state index in [0.29, 0.717) is 68.6 Å². The first-order chi connectivity index (χ1) is 26.4. The average molecular weight is 770 g/mol. The summed E-state index contributed by atoms with van der Waals surface area (Å²) < 4.78 is 40.0. The molecule has 0 saturated carbocycles. The van der Waals surface area contributed by atoms with E-state index in [1.165, 1.54) is 12.1 Å². The Morgan fingerprint density at radius 3 is 2.40 bits per heavy atom. The molecule has 0 bridgehead atoms. The number of benzene rings is 3. The molecule has 1 aliphatic rings. The molecule has 1 N–H and O–H groups in total. The van der Waals surface area contributed by atoms with Gasteiger partial charge >= 0.3 is 0 Å². The number of nitrogens with one attached hydrogen (secondary N) is 1. The number of rotatable bonds is 19. The number of anilines is 2. The van der Waals surface area contributed by atoms with Crippen molar-refractivity contribution in [3.8, 4) is 16.9 Å². The molecule has 1 aliphatic heterocycles. The maximum absolute atomic E-state index is 13.7. The second-order valence-corrected chi connectivity index (χ2v) is 16.5. The topological polar surface area (TPSA) is 123 Å². The predicted octanol–water partition coefficient (Wildman–Crippen LogP) is 7.48. The van der Waals surface area contributed by atoms with Gasteiger partial charge in [-0.25, -0.2) is 13.4 Å². The number of aromatic nitrogens is 2. The van der Waals surface area contributed by atoms with E-state index in [-0.39, 0.29) is 22.5 Å². The zero-order chi connectivity index (χ0) is 39.4. The van der Waals surface area contributed by atoms with E-state index in [2.05, 4.69) is 54.2 Å². The molecule has 2 amide bonds. The van der Waals surface area contributed by atoms with E-state index in [4.69, 9.17) is 9.47 Å². The van der Waals surface area contributed by atoms with Gasteiger partial charge in [0.1, 0.15) is 23.9 Å². The molecule has 2 heterocycles. The van der Waals surface area contributed by atoms with Gasteiger partial charge in [-0.2, -0.15) is 0 Å². The fraction of sp³-hybridized carbons (Fsp3) is 0.419. The van der Waals surface area contributed by atoms with Crippen molar-refractivity contribution in [1.29, 1.82) is 0 Å². The summed E-state index contributed by atoms with van der Waals surface area (Å²) in [7, 11) is -0.294. The lowest BCUT2D eigenvalue weighted by molar-refractivity contribution is -0.128. The van der Waals surface area contributed by atoms with Gasteiger partial charge < -0.3 is 29.2 Å². The minimum atomic E-state index is -3.72. The van der Waals surface area contributed by atoms with E-state index in [9.17, 15) is 18.0 Å². The van der Waals surface area contributed by atoms with Crippen LogP contribution in [0.5, 0.6) is 5.75 Å². The largest absolute Gasteiger partial charge is 0.491 e. The highest BCUT2D eigenvalue weighted by atomic mass is 32.2. The number of imidazole rings is 1. The summed E-state index contributed by atoms with van der Waals surface area (Å²) in [4.78, 5) is 34.0. The summed E-state index contributed by atoms with van der Waals surface area (Å²) in [6, 6.07) is 20.7. The number of nitrogens with zero attached hydrogens (tertiary/aromatic N) is 4. The third kappa shape index (κ3) is 11.8. The Morgan fingerprint density at radius 2 is 1.69 bits per heavy atom. The molecular formula is C43H55N5O6S. The van der Waals surface area contributed by atoms with Crippen LogP contribution in [0.4, 0.5) is 11.4 Å². The maximum Gasteiger partial charge on any atom is 0.251 e. The van der Waals surface area contributed by atoms with Crippen LogP contribution >= 0.6 is 0 Å². The molecule has 5 rings (SSSR count). The van der Waals surface area contributed by atoms with Crippen LogP contribution in [0.25, 0.3) is 17.2 Å².